The van der Waals surface area contributed by atoms with E-state index in [-0.39, 0.29) is 17.7 Å². The number of amides is 1. The number of carbonyl (C=O) groups is 2. The van der Waals surface area contributed by atoms with E-state index in [1.165, 1.54) is 37.3 Å². The van der Waals surface area contributed by atoms with E-state index in [2.05, 4.69) is 5.32 Å². The normalized spacial score (nSPS) is 14.2. The van der Waals surface area contributed by atoms with Gasteiger partial charge >= 0.3 is 5.97 Å². The fraction of sp³-hybridized carbons (Fsp3) is 0.263. The zero-order chi connectivity index (χ0) is 19.3. The van der Waals surface area contributed by atoms with Crippen LogP contribution in [0.3, 0.4) is 0 Å². The molecular formula is C19H19F2NO4. The molecule has 0 aromatic heterocycles. The van der Waals surface area contributed by atoms with Gasteiger partial charge in [0.05, 0.1) is 0 Å². The summed E-state index contributed by atoms with van der Waals surface area (Å²) in [6.07, 6.45) is -0.898. The van der Waals surface area contributed by atoms with E-state index in [1.54, 1.807) is 13.0 Å². The summed E-state index contributed by atoms with van der Waals surface area (Å²) >= 11 is 0. The maximum atomic E-state index is 13.7. The summed E-state index contributed by atoms with van der Waals surface area (Å²) in [5.74, 6) is -3.29. The lowest BCUT2D eigenvalue weighted by molar-refractivity contribution is -0.148. The van der Waals surface area contributed by atoms with Crippen molar-refractivity contribution in [3.63, 3.8) is 0 Å². The maximum absolute atomic E-state index is 13.7. The van der Waals surface area contributed by atoms with Crippen LogP contribution in [0.5, 0.6) is 5.75 Å². The van der Waals surface area contributed by atoms with Crippen molar-refractivity contribution < 1.29 is 28.2 Å². The van der Waals surface area contributed by atoms with Crippen molar-refractivity contribution in [2.75, 3.05) is 0 Å². The van der Waals surface area contributed by atoms with Gasteiger partial charge < -0.3 is 15.2 Å². The predicted octanol–water partition coefficient (Wildman–Crippen LogP) is 3.24. The SMILES string of the molecule is CCC(Oc1ccccc1F)C(=O)NC(C)(C(=O)O)c1ccc(F)cc1. The highest BCUT2D eigenvalue weighted by Gasteiger charge is 2.38. The lowest BCUT2D eigenvalue weighted by Gasteiger charge is -2.29. The largest absolute Gasteiger partial charge is 0.479 e. The molecule has 0 spiro atoms. The molecule has 0 fully saturated rings. The molecule has 1 amide bonds. The molecule has 26 heavy (non-hydrogen) atoms. The summed E-state index contributed by atoms with van der Waals surface area (Å²) in [5, 5.41) is 12.0. The highest BCUT2D eigenvalue weighted by Crippen LogP contribution is 2.23. The standard InChI is InChI=1S/C19H19F2NO4/c1-3-15(26-16-7-5-4-6-14(16)21)17(23)22-19(2,18(24)25)12-8-10-13(20)11-9-12/h4-11,15H,3H2,1-2H3,(H,22,23)(H,24,25). The Labute approximate surface area is 149 Å². The van der Waals surface area contributed by atoms with Crippen LogP contribution in [0.1, 0.15) is 25.8 Å². The third-order valence-corrected chi connectivity index (χ3v) is 3.99. The van der Waals surface area contributed by atoms with Crippen LogP contribution in [0.25, 0.3) is 0 Å². The van der Waals surface area contributed by atoms with Gasteiger partial charge in [-0.15, -0.1) is 0 Å². The number of benzene rings is 2. The maximum Gasteiger partial charge on any atom is 0.333 e. The fourth-order valence-corrected chi connectivity index (χ4v) is 2.38. The molecule has 0 aliphatic rings. The molecule has 138 valence electrons. The molecule has 0 aliphatic heterocycles. The third-order valence-electron chi connectivity index (χ3n) is 3.99. The Hall–Kier alpha value is -2.96. The van der Waals surface area contributed by atoms with Crippen molar-refractivity contribution in [1.82, 2.24) is 5.32 Å². The minimum Gasteiger partial charge on any atom is -0.479 e. The Morgan fingerprint density at radius 2 is 1.77 bits per heavy atom. The second-order valence-corrected chi connectivity index (χ2v) is 5.87. The molecule has 7 heteroatoms. The van der Waals surface area contributed by atoms with Gasteiger partial charge in [0.15, 0.2) is 23.2 Å². The van der Waals surface area contributed by atoms with Gasteiger partial charge in [-0.2, -0.15) is 0 Å². The summed E-state index contributed by atoms with van der Waals surface area (Å²) < 4.78 is 32.2. The molecule has 2 unspecified atom stereocenters. The van der Waals surface area contributed by atoms with Crippen molar-refractivity contribution >= 4 is 11.9 Å². The first-order valence-corrected chi connectivity index (χ1v) is 8.00. The quantitative estimate of drug-likeness (QED) is 0.792. The number of carboxylic acids is 1. The number of nitrogens with one attached hydrogen (secondary N) is 1. The van der Waals surface area contributed by atoms with Crippen LogP contribution in [-0.4, -0.2) is 23.1 Å². The third kappa shape index (κ3) is 4.17. The first-order valence-electron chi connectivity index (χ1n) is 8.00. The van der Waals surface area contributed by atoms with Gasteiger partial charge in [0, 0.05) is 0 Å². The van der Waals surface area contributed by atoms with Crippen LogP contribution < -0.4 is 10.1 Å². The number of halogens is 2. The summed E-state index contributed by atoms with van der Waals surface area (Å²) in [7, 11) is 0. The van der Waals surface area contributed by atoms with Crippen molar-refractivity contribution in [3.8, 4) is 5.75 Å². The summed E-state index contributed by atoms with van der Waals surface area (Å²) in [4.78, 5) is 24.3. The number of rotatable bonds is 7. The number of hydrogen-bond acceptors (Lipinski definition) is 3. The molecule has 2 aromatic rings. The van der Waals surface area contributed by atoms with E-state index in [4.69, 9.17) is 4.74 Å². The van der Waals surface area contributed by atoms with E-state index in [9.17, 15) is 23.5 Å². The first-order chi connectivity index (χ1) is 12.3. The predicted molar refractivity (Wildman–Crippen MR) is 90.6 cm³/mol. The smallest absolute Gasteiger partial charge is 0.333 e. The first kappa shape index (κ1) is 19.4. The van der Waals surface area contributed by atoms with Gasteiger partial charge in [0.1, 0.15) is 5.82 Å². The molecule has 5 nitrogen and oxygen atoms in total. The van der Waals surface area contributed by atoms with Crippen LogP contribution in [-0.2, 0) is 15.1 Å². The van der Waals surface area contributed by atoms with Crippen LogP contribution in [0.2, 0.25) is 0 Å². The number of para-hydroxylation sites is 1. The van der Waals surface area contributed by atoms with Crippen LogP contribution >= 0.6 is 0 Å². The number of carboxylic acid groups (broad SMARTS) is 1. The number of carbonyl (C=O) groups excluding carboxylic acids is 1. The van der Waals surface area contributed by atoms with Gasteiger partial charge in [0.2, 0.25) is 0 Å². The second-order valence-electron chi connectivity index (χ2n) is 5.87. The highest BCUT2D eigenvalue weighted by molar-refractivity contribution is 5.89. The van der Waals surface area contributed by atoms with Gasteiger partial charge in [0.25, 0.3) is 5.91 Å². The summed E-state index contributed by atoms with van der Waals surface area (Å²) in [5.41, 5.74) is -1.60. The molecular weight excluding hydrogens is 344 g/mol. The van der Waals surface area contributed by atoms with Gasteiger partial charge in [-0.3, -0.25) is 4.79 Å². The van der Waals surface area contributed by atoms with E-state index < -0.39 is 35.2 Å². The Kier molecular flexibility index (Phi) is 5.92. The van der Waals surface area contributed by atoms with Crippen molar-refractivity contribution in [2.24, 2.45) is 0 Å². The molecule has 2 rings (SSSR count). The number of hydrogen-bond donors (Lipinski definition) is 2. The highest BCUT2D eigenvalue weighted by atomic mass is 19.1. The number of aliphatic carboxylic acids is 1. The van der Waals surface area contributed by atoms with Crippen LogP contribution in [0.4, 0.5) is 8.78 Å². The molecule has 0 saturated heterocycles. The number of ether oxygens (including phenoxy) is 1. The van der Waals surface area contributed by atoms with E-state index >= 15 is 0 Å². The second kappa shape index (κ2) is 7.95. The minimum atomic E-state index is -1.79. The average Bonchev–Trinajstić information content (AvgIpc) is 2.61. The molecule has 0 heterocycles. The topological polar surface area (TPSA) is 75.6 Å². The van der Waals surface area contributed by atoms with E-state index in [1.807, 2.05) is 0 Å². The Morgan fingerprint density at radius 1 is 1.15 bits per heavy atom. The van der Waals surface area contributed by atoms with Gasteiger partial charge in [-0.05, 0) is 43.2 Å². The Balaban J connectivity index is 2.24. The molecule has 0 saturated carbocycles. The van der Waals surface area contributed by atoms with Crippen molar-refractivity contribution in [2.45, 2.75) is 31.9 Å². The van der Waals surface area contributed by atoms with E-state index in [0.717, 1.165) is 12.1 Å². The molecule has 2 atom stereocenters. The zero-order valence-electron chi connectivity index (χ0n) is 14.3. The van der Waals surface area contributed by atoms with E-state index in [0.29, 0.717) is 0 Å². The van der Waals surface area contributed by atoms with Crippen molar-refractivity contribution in [1.29, 1.82) is 0 Å². The minimum absolute atomic E-state index is 0.103. The molecule has 2 N–H and O–H groups in total. The molecule has 0 bridgehead atoms. The summed E-state index contributed by atoms with van der Waals surface area (Å²) in [6, 6.07) is 10.4. The molecule has 2 aromatic carbocycles. The zero-order valence-corrected chi connectivity index (χ0v) is 14.3. The monoisotopic (exact) mass is 363 g/mol. The van der Waals surface area contributed by atoms with Crippen LogP contribution in [0.15, 0.2) is 48.5 Å². The van der Waals surface area contributed by atoms with Gasteiger partial charge in [-0.25, -0.2) is 13.6 Å². The fourth-order valence-electron chi connectivity index (χ4n) is 2.38. The van der Waals surface area contributed by atoms with Gasteiger partial charge in [-0.1, -0.05) is 31.2 Å². The average molecular weight is 363 g/mol. The van der Waals surface area contributed by atoms with Crippen LogP contribution in [0, 0.1) is 11.6 Å². The molecule has 0 aliphatic carbocycles. The summed E-state index contributed by atoms with van der Waals surface area (Å²) in [6.45, 7) is 2.94. The lowest BCUT2D eigenvalue weighted by atomic mass is 9.91. The molecule has 0 radical (unpaired) electrons. The lowest BCUT2D eigenvalue weighted by Crippen LogP contribution is -2.53. The Bertz CT molecular complexity index is 794. The van der Waals surface area contributed by atoms with Crippen molar-refractivity contribution in [3.05, 3.63) is 65.7 Å². The Morgan fingerprint density at radius 3 is 2.31 bits per heavy atom.